The highest BCUT2D eigenvalue weighted by Gasteiger charge is 2.03. The number of fused-ring (bicyclic) bond motifs is 1. The Hall–Kier alpha value is -1.70. The van der Waals surface area contributed by atoms with E-state index in [0.29, 0.717) is 0 Å². The van der Waals surface area contributed by atoms with Gasteiger partial charge in [-0.2, -0.15) is 0 Å². The highest BCUT2D eigenvalue weighted by molar-refractivity contribution is 5.82. The summed E-state index contributed by atoms with van der Waals surface area (Å²) < 4.78 is 10.5. The van der Waals surface area contributed by atoms with Crippen molar-refractivity contribution in [2.24, 2.45) is 0 Å². The number of benzene rings is 1. The summed E-state index contributed by atoms with van der Waals surface area (Å²) in [5.74, 6) is 0.823. The number of hydrogen-bond donors (Lipinski definition) is 0. The Morgan fingerprint density at radius 2 is 2.07 bits per heavy atom. The number of furan rings is 1. The summed E-state index contributed by atoms with van der Waals surface area (Å²) in [6.07, 6.45) is 3.41. The predicted molar refractivity (Wildman–Crippen MR) is 64.2 cm³/mol. The zero-order chi connectivity index (χ0) is 11.3. The van der Waals surface area contributed by atoms with Crippen LogP contribution in [0.3, 0.4) is 0 Å². The topological polar surface area (TPSA) is 22.4 Å². The molecule has 0 N–H and O–H groups in total. The van der Waals surface area contributed by atoms with Gasteiger partial charge < -0.3 is 9.15 Å². The van der Waals surface area contributed by atoms with Crippen molar-refractivity contribution in [1.29, 1.82) is 0 Å². The molecule has 0 bridgehead atoms. The molecular weight excluding hydrogens is 188 g/mol. The molecule has 0 amide bonds. The van der Waals surface area contributed by atoms with Gasteiger partial charge in [-0.05, 0) is 18.2 Å². The smallest absolute Gasteiger partial charge is 0.134 e. The van der Waals surface area contributed by atoms with Crippen LogP contribution in [0.15, 0.2) is 35.5 Å². The van der Waals surface area contributed by atoms with Gasteiger partial charge in [0.25, 0.3) is 0 Å². The first kappa shape index (κ1) is 11.4. The first-order valence-corrected chi connectivity index (χ1v) is 5.03. The molecule has 1 aromatic heterocycles. The Morgan fingerprint density at radius 3 is 2.67 bits per heavy atom. The van der Waals surface area contributed by atoms with Crippen LogP contribution in [0, 0.1) is 0 Å². The highest BCUT2D eigenvalue weighted by Crippen LogP contribution is 2.27. The van der Waals surface area contributed by atoms with E-state index >= 15 is 0 Å². The molecule has 2 nitrogen and oxygen atoms in total. The Kier molecular flexibility index (Phi) is 3.98. The second kappa shape index (κ2) is 5.25. The Bertz CT molecular complexity index is 441. The predicted octanol–water partition coefficient (Wildman–Crippen LogP) is 4.11. The summed E-state index contributed by atoms with van der Waals surface area (Å²) in [7, 11) is 1.65. The SMILES string of the molecule is C=Cc1cc2occc2cc1OC.CC. The van der Waals surface area contributed by atoms with E-state index in [1.165, 1.54) is 0 Å². The van der Waals surface area contributed by atoms with Crippen molar-refractivity contribution in [2.75, 3.05) is 7.11 Å². The monoisotopic (exact) mass is 204 g/mol. The summed E-state index contributed by atoms with van der Waals surface area (Å²) in [5, 5.41) is 1.04. The van der Waals surface area contributed by atoms with E-state index in [1.54, 1.807) is 19.4 Å². The Morgan fingerprint density at radius 1 is 1.33 bits per heavy atom. The number of methoxy groups -OCH3 is 1. The van der Waals surface area contributed by atoms with Gasteiger partial charge in [0.05, 0.1) is 13.4 Å². The van der Waals surface area contributed by atoms with E-state index in [1.807, 2.05) is 32.0 Å². The minimum absolute atomic E-state index is 0.823. The van der Waals surface area contributed by atoms with Crippen molar-refractivity contribution in [3.05, 3.63) is 36.6 Å². The van der Waals surface area contributed by atoms with E-state index in [9.17, 15) is 0 Å². The van der Waals surface area contributed by atoms with Gasteiger partial charge in [0.15, 0.2) is 0 Å². The average molecular weight is 204 g/mol. The molecule has 2 aromatic rings. The van der Waals surface area contributed by atoms with Gasteiger partial charge in [0, 0.05) is 10.9 Å². The molecule has 0 aliphatic heterocycles. The number of hydrogen-bond acceptors (Lipinski definition) is 2. The van der Waals surface area contributed by atoms with Crippen LogP contribution in [0.5, 0.6) is 5.75 Å². The van der Waals surface area contributed by atoms with Crippen LogP contribution in [0.25, 0.3) is 17.0 Å². The van der Waals surface area contributed by atoms with Crippen LogP contribution >= 0.6 is 0 Å². The van der Waals surface area contributed by atoms with Crippen molar-refractivity contribution in [3.63, 3.8) is 0 Å². The van der Waals surface area contributed by atoms with Crippen LogP contribution in [0.4, 0.5) is 0 Å². The van der Waals surface area contributed by atoms with E-state index in [-0.39, 0.29) is 0 Å². The molecule has 0 aliphatic rings. The fraction of sp³-hybridized carbons (Fsp3) is 0.231. The van der Waals surface area contributed by atoms with Gasteiger partial charge in [-0.1, -0.05) is 26.5 Å². The van der Waals surface area contributed by atoms with Crippen LogP contribution in [0.2, 0.25) is 0 Å². The Balaban J connectivity index is 0.000000531. The van der Waals surface area contributed by atoms with Crippen molar-refractivity contribution in [3.8, 4) is 5.75 Å². The summed E-state index contributed by atoms with van der Waals surface area (Å²) in [4.78, 5) is 0. The van der Waals surface area contributed by atoms with E-state index in [2.05, 4.69) is 6.58 Å². The van der Waals surface area contributed by atoms with E-state index in [4.69, 9.17) is 9.15 Å². The summed E-state index contributed by atoms with van der Waals surface area (Å²) >= 11 is 0. The minimum Gasteiger partial charge on any atom is -0.496 e. The molecular formula is C13H16O2. The molecule has 0 spiro atoms. The molecule has 0 unspecified atom stereocenters. The molecule has 80 valence electrons. The van der Waals surface area contributed by atoms with E-state index < -0.39 is 0 Å². The summed E-state index contributed by atoms with van der Waals surface area (Å²) in [6.45, 7) is 7.71. The first-order valence-electron chi connectivity index (χ1n) is 5.03. The summed E-state index contributed by atoms with van der Waals surface area (Å²) in [6, 6.07) is 5.77. The maximum absolute atomic E-state index is 5.26. The molecule has 1 heterocycles. The average Bonchev–Trinajstić information content (AvgIpc) is 2.76. The molecule has 15 heavy (non-hydrogen) atoms. The number of rotatable bonds is 2. The van der Waals surface area contributed by atoms with Crippen molar-refractivity contribution in [2.45, 2.75) is 13.8 Å². The molecule has 2 rings (SSSR count). The fourth-order valence-corrected chi connectivity index (χ4v) is 1.34. The molecule has 0 saturated heterocycles. The quantitative estimate of drug-likeness (QED) is 0.734. The third-order valence-electron chi connectivity index (χ3n) is 2.02. The third-order valence-corrected chi connectivity index (χ3v) is 2.02. The van der Waals surface area contributed by atoms with Crippen LogP contribution in [-0.4, -0.2) is 7.11 Å². The molecule has 0 aliphatic carbocycles. The summed E-state index contributed by atoms with van der Waals surface area (Å²) in [5.41, 5.74) is 1.81. The lowest BCUT2D eigenvalue weighted by Gasteiger charge is -2.03. The standard InChI is InChI=1S/C11H10O2.C2H6/c1-3-8-6-11-9(4-5-13-11)7-10(8)12-2;1-2/h3-7H,1H2,2H3;1-2H3. The van der Waals surface area contributed by atoms with Gasteiger partial charge in [-0.15, -0.1) is 0 Å². The highest BCUT2D eigenvalue weighted by atomic mass is 16.5. The van der Waals surface area contributed by atoms with Crippen LogP contribution in [-0.2, 0) is 0 Å². The Labute approximate surface area is 90.2 Å². The van der Waals surface area contributed by atoms with Gasteiger partial charge in [0.2, 0.25) is 0 Å². The van der Waals surface area contributed by atoms with Crippen molar-refractivity contribution >= 4 is 17.0 Å². The van der Waals surface area contributed by atoms with Crippen molar-refractivity contribution < 1.29 is 9.15 Å². The largest absolute Gasteiger partial charge is 0.496 e. The lowest BCUT2D eigenvalue weighted by atomic mass is 10.1. The molecule has 0 radical (unpaired) electrons. The van der Waals surface area contributed by atoms with Gasteiger partial charge in [-0.25, -0.2) is 0 Å². The van der Waals surface area contributed by atoms with E-state index in [0.717, 1.165) is 22.3 Å². The molecule has 1 aromatic carbocycles. The van der Waals surface area contributed by atoms with Gasteiger partial charge in [-0.3, -0.25) is 0 Å². The lowest BCUT2D eigenvalue weighted by Crippen LogP contribution is -1.85. The first-order chi connectivity index (χ1) is 7.35. The van der Waals surface area contributed by atoms with Crippen LogP contribution in [0.1, 0.15) is 19.4 Å². The zero-order valence-corrected chi connectivity index (χ0v) is 9.41. The van der Waals surface area contributed by atoms with Crippen LogP contribution < -0.4 is 4.74 Å². The maximum Gasteiger partial charge on any atom is 0.134 e. The van der Waals surface area contributed by atoms with Gasteiger partial charge in [0.1, 0.15) is 11.3 Å². The normalized spacial score (nSPS) is 9.27. The molecule has 0 saturated carbocycles. The van der Waals surface area contributed by atoms with Crippen molar-refractivity contribution in [1.82, 2.24) is 0 Å². The molecule has 0 fully saturated rings. The third kappa shape index (κ3) is 2.21. The number of ether oxygens (including phenoxy) is 1. The lowest BCUT2D eigenvalue weighted by molar-refractivity contribution is 0.414. The fourth-order valence-electron chi connectivity index (χ4n) is 1.34. The second-order valence-electron chi connectivity index (χ2n) is 2.76. The molecule has 2 heteroatoms. The minimum atomic E-state index is 0.823. The molecule has 0 atom stereocenters. The van der Waals surface area contributed by atoms with Gasteiger partial charge >= 0.3 is 0 Å². The maximum atomic E-state index is 5.26. The second-order valence-corrected chi connectivity index (χ2v) is 2.76. The zero-order valence-electron chi connectivity index (χ0n) is 9.41.